The number of carbonyl (C=O) groups is 1. The first-order chi connectivity index (χ1) is 15.5. The van der Waals surface area contributed by atoms with Crippen LogP contribution in [-0.2, 0) is 11.3 Å². The van der Waals surface area contributed by atoms with Gasteiger partial charge in [-0.1, -0.05) is 25.1 Å². The Labute approximate surface area is 186 Å². The fourth-order valence-electron chi connectivity index (χ4n) is 3.42. The standard InChI is InChI=1S/C23H26N6O3/c1-4-19-14-32-23(30)29(19)22-27-16(3)26-21(28-22)25-15(2)17-8-10-20(11-9-17)31-13-18-7-5-6-12-24-18/h5-12,15,19H,4,13-14H2,1-3H3,(H,25,26,27,28)/t15?,19-/m0/s1. The van der Waals surface area contributed by atoms with E-state index in [1.54, 1.807) is 13.1 Å². The molecule has 1 N–H and O–H groups in total. The molecule has 3 heterocycles. The van der Waals surface area contributed by atoms with Crippen LogP contribution in [-0.4, -0.2) is 38.7 Å². The number of benzene rings is 1. The second-order valence-corrected chi connectivity index (χ2v) is 7.56. The van der Waals surface area contributed by atoms with Crippen molar-refractivity contribution < 1.29 is 14.3 Å². The Morgan fingerprint density at radius 2 is 2.00 bits per heavy atom. The van der Waals surface area contributed by atoms with Crippen molar-refractivity contribution in [3.63, 3.8) is 0 Å². The molecule has 4 rings (SSSR count). The summed E-state index contributed by atoms with van der Waals surface area (Å²) in [7, 11) is 0. The van der Waals surface area contributed by atoms with Crippen molar-refractivity contribution in [3.8, 4) is 5.75 Å². The lowest BCUT2D eigenvalue weighted by Gasteiger charge is -2.20. The van der Waals surface area contributed by atoms with Gasteiger partial charge in [-0.15, -0.1) is 0 Å². The monoisotopic (exact) mass is 434 g/mol. The number of carbonyl (C=O) groups excluding carboxylic acids is 1. The number of nitrogens with one attached hydrogen (secondary N) is 1. The molecule has 166 valence electrons. The summed E-state index contributed by atoms with van der Waals surface area (Å²) >= 11 is 0. The van der Waals surface area contributed by atoms with Gasteiger partial charge in [0.05, 0.1) is 17.8 Å². The molecule has 32 heavy (non-hydrogen) atoms. The summed E-state index contributed by atoms with van der Waals surface area (Å²) in [6.07, 6.45) is 2.07. The number of cyclic esters (lactones) is 1. The van der Waals surface area contributed by atoms with Crippen molar-refractivity contribution in [3.05, 3.63) is 65.7 Å². The maximum atomic E-state index is 12.2. The van der Waals surface area contributed by atoms with Gasteiger partial charge in [-0.2, -0.15) is 15.0 Å². The number of pyridine rings is 1. The fraction of sp³-hybridized carbons (Fsp3) is 0.348. The van der Waals surface area contributed by atoms with Crippen LogP contribution in [0.25, 0.3) is 0 Å². The first kappa shape index (κ1) is 21.5. The molecule has 2 aromatic heterocycles. The van der Waals surface area contributed by atoms with E-state index in [1.165, 1.54) is 4.90 Å². The maximum absolute atomic E-state index is 12.2. The SMILES string of the molecule is CC[C@H]1COC(=O)N1c1nc(C)nc(NC(C)c2ccc(OCc3ccccn3)cc2)n1. The van der Waals surface area contributed by atoms with Gasteiger partial charge in [-0.25, -0.2) is 9.69 Å². The van der Waals surface area contributed by atoms with Crippen LogP contribution in [0.3, 0.4) is 0 Å². The average Bonchev–Trinajstić information content (AvgIpc) is 3.19. The number of ether oxygens (including phenoxy) is 2. The molecule has 9 nitrogen and oxygen atoms in total. The van der Waals surface area contributed by atoms with Crippen LogP contribution in [0.15, 0.2) is 48.7 Å². The van der Waals surface area contributed by atoms with Gasteiger partial charge >= 0.3 is 6.09 Å². The first-order valence-electron chi connectivity index (χ1n) is 10.6. The van der Waals surface area contributed by atoms with Crippen LogP contribution in [0, 0.1) is 6.92 Å². The van der Waals surface area contributed by atoms with E-state index in [1.807, 2.05) is 56.3 Å². The normalized spacial score (nSPS) is 16.5. The van der Waals surface area contributed by atoms with Crippen LogP contribution in [0.1, 0.15) is 43.4 Å². The largest absolute Gasteiger partial charge is 0.487 e. The molecule has 1 aromatic carbocycles. The molecule has 0 aliphatic carbocycles. The second-order valence-electron chi connectivity index (χ2n) is 7.56. The molecule has 0 radical (unpaired) electrons. The third kappa shape index (κ3) is 4.93. The number of hydrogen-bond donors (Lipinski definition) is 1. The summed E-state index contributed by atoms with van der Waals surface area (Å²) < 4.78 is 11.0. The van der Waals surface area contributed by atoms with E-state index in [4.69, 9.17) is 9.47 Å². The summed E-state index contributed by atoms with van der Waals surface area (Å²) in [6, 6.07) is 13.4. The topological polar surface area (TPSA) is 102 Å². The second kappa shape index (κ2) is 9.59. The molecule has 1 aliphatic heterocycles. The van der Waals surface area contributed by atoms with E-state index in [-0.39, 0.29) is 12.1 Å². The Morgan fingerprint density at radius 1 is 1.19 bits per heavy atom. The van der Waals surface area contributed by atoms with Gasteiger partial charge in [0.2, 0.25) is 11.9 Å². The molecule has 1 amide bonds. The Hall–Kier alpha value is -3.75. The Kier molecular flexibility index (Phi) is 6.44. The molecule has 1 fully saturated rings. The molecule has 0 saturated carbocycles. The lowest BCUT2D eigenvalue weighted by Crippen LogP contribution is -2.34. The summed E-state index contributed by atoms with van der Waals surface area (Å²) in [4.78, 5) is 31.1. The lowest BCUT2D eigenvalue weighted by atomic mass is 10.1. The van der Waals surface area contributed by atoms with E-state index >= 15 is 0 Å². The summed E-state index contributed by atoms with van der Waals surface area (Å²) in [5, 5.41) is 3.30. The number of rotatable bonds is 8. The molecule has 1 aliphatic rings. The summed E-state index contributed by atoms with van der Waals surface area (Å²) in [6.45, 7) is 6.55. The van der Waals surface area contributed by atoms with Gasteiger partial charge in [0, 0.05) is 6.20 Å². The highest BCUT2D eigenvalue weighted by Crippen LogP contribution is 2.24. The Bertz CT molecular complexity index is 1060. The zero-order valence-corrected chi connectivity index (χ0v) is 18.4. The van der Waals surface area contributed by atoms with Gasteiger partial charge in [-0.05, 0) is 50.1 Å². The number of anilines is 2. The van der Waals surface area contributed by atoms with E-state index in [0.29, 0.717) is 30.9 Å². The zero-order chi connectivity index (χ0) is 22.5. The van der Waals surface area contributed by atoms with Crippen molar-refractivity contribution in [1.29, 1.82) is 0 Å². The average molecular weight is 435 g/mol. The molecule has 3 aromatic rings. The molecule has 9 heteroatoms. The highest BCUT2D eigenvalue weighted by molar-refractivity contribution is 5.88. The molecule has 1 saturated heterocycles. The van der Waals surface area contributed by atoms with Gasteiger partial charge in [-0.3, -0.25) is 4.98 Å². The molecular formula is C23H26N6O3. The summed E-state index contributed by atoms with van der Waals surface area (Å²) in [5.74, 6) is 2.01. The quantitative estimate of drug-likeness (QED) is 0.566. The number of amides is 1. The van der Waals surface area contributed by atoms with Crippen molar-refractivity contribution in [2.45, 2.75) is 45.9 Å². The molecule has 1 unspecified atom stereocenters. The predicted octanol–water partition coefficient (Wildman–Crippen LogP) is 4.06. The molecule has 0 bridgehead atoms. The maximum Gasteiger partial charge on any atom is 0.417 e. The number of nitrogens with zero attached hydrogens (tertiary/aromatic N) is 5. The Balaban J connectivity index is 1.43. The minimum absolute atomic E-state index is 0.0676. The van der Waals surface area contributed by atoms with Crippen molar-refractivity contribution in [2.75, 3.05) is 16.8 Å². The first-order valence-corrected chi connectivity index (χ1v) is 10.6. The van der Waals surface area contributed by atoms with E-state index in [2.05, 4.69) is 25.3 Å². The summed E-state index contributed by atoms with van der Waals surface area (Å²) in [5.41, 5.74) is 1.92. The smallest absolute Gasteiger partial charge is 0.417 e. The van der Waals surface area contributed by atoms with Gasteiger partial charge < -0.3 is 14.8 Å². The number of aromatic nitrogens is 4. The van der Waals surface area contributed by atoms with Gasteiger partial charge in [0.1, 0.15) is 24.8 Å². The predicted molar refractivity (Wildman–Crippen MR) is 120 cm³/mol. The number of hydrogen-bond acceptors (Lipinski definition) is 8. The molecule has 0 spiro atoms. The van der Waals surface area contributed by atoms with Crippen LogP contribution >= 0.6 is 0 Å². The van der Waals surface area contributed by atoms with E-state index in [9.17, 15) is 4.79 Å². The number of aryl methyl sites for hydroxylation is 1. The Morgan fingerprint density at radius 3 is 2.72 bits per heavy atom. The minimum Gasteiger partial charge on any atom is -0.487 e. The van der Waals surface area contributed by atoms with Crippen LogP contribution < -0.4 is 15.0 Å². The third-order valence-electron chi connectivity index (χ3n) is 5.22. The molecule has 2 atom stereocenters. The highest BCUT2D eigenvalue weighted by Gasteiger charge is 2.35. The van der Waals surface area contributed by atoms with Crippen LogP contribution in [0.2, 0.25) is 0 Å². The van der Waals surface area contributed by atoms with Gasteiger partial charge in [0.25, 0.3) is 0 Å². The van der Waals surface area contributed by atoms with Crippen molar-refractivity contribution in [2.24, 2.45) is 0 Å². The highest BCUT2D eigenvalue weighted by atomic mass is 16.6. The zero-order valence-electron chi connectivity index (χ0n) is 18.4. The van der Waals surface area contributed by atoms with Gasteiger partial charge in [0.15, 0.2) is 0 Å². The van der Waals surface area contributed by atoms with Crippen LogP contribution in [0.4, 0.5) is 16.7 Å². The fourth-order valence-corrected chi connectivity index (χ4v) is 3.42. The molecular weight excluding hydrogens is 408 g/mol. The van der Waals surface area contributed by atoms with E-state index in [0.717, 1.165) is 23.4 Å². The van der Waals surface area contributed by atoms with Crippen molar-refractivity contribution >= 4 is 18.0 Å². The van der Waals surface area contributed by atoms with E-state index < -0.39 is 6.09 Å². The van der Waals surface area contributed by atoms with Crippen molar-refractivity contribution in [1.82, 2.24) is 19.9 Å². The minimum atomic E-state index is -0.428. The van der Waals surface area contributed by atoms with Crippen LogP contribution in [0.5, 0.6) is 5.75 Å². The lowest BCUT2D eigenvalue weighted by molar-refractivity contribution is 0.178. The third-order valence-corrected chi connectivity index (χ3v) is 5.22.